The predicted octanol–water partition coefficient (Wildman–Crippen LogP) is 1.58. The number of rotatable bonds is 5. The molecule has 9 heteroatoms. The molecule has 3 aliphatic heterocycles. The van der Waals surface area contributed by atoms with Crippen molar-refractivity contribution >= 4 is 15.9 Å². The number of carbonyl (C=O) groups is 1. The molecule has 2 N–H and O–H groups in total. The van der Waals surface area contributed by atoms with Crippen molar-refractivity contribution in [2.24, 2.45) is 16.7 Å². The largest absolute Gasteiger partial charge is 0.390 e. The fourth-order valence-electron chi connectivity index (χ4n) is 7.57. The van der Waals surface area contributed by atoms with Crippen LogP contribution in [0.3, 0.4) is 0 Å². The number of aliphatic hydroxyl groups excluding tert-OH is 2. The molecule has 5 fully saturated rings. The highest BCUT2D eigenvalue weighted by Crippen LogP contribution is 2.70. The van der Waals surface area contributed by atoms with E-state index in [2.05, 4.69) is 13.8 Å². The van der Waals surface area contributed by atoms with Gasteiger partial charge in [-0.1, -0.05) is 20.8 Å². The average molecular weight is 472 g/mol. The van der Waals surface area contributed by atoms with Crippen molar-refractivity contribution in [2.45, 2.75) is 115 Å². The van der Waals surface area contributed by atoms with Gasteiger partial charge in [0.05, 0.1) is 42.3 Å². The maximum atomic E-state index is 13.3. The number of hydrogen-bond acceptors (Lipinski definition) is 7. The van der Waals surface area contributed by atoms with E-state index in [1.165, 1.54) is 0 Å². The first-order valence-electron chi connectivity index (χ1n) is 12.2. The average Bonchev–Trinajstić information content (AvgIpc) is 3.52. The van der Waals surface area contributed by atoms with Crippen LogP contribution >= 0.6 is 0 Å². The number of aliphatic hydroxyl groups is 2. The molecule has 0 radical (unpaired) electrons. The predicted molar refractivity (Wildman–Crippen MR) is 116 cm³/mol. The summed E-state index contributed by atoms with van der Waals surface area (Å²) in [6.45, 7) is 6.19. The summed E-state index contributed by atoms with van der Waals surface area (Å²) in [6, 6.07) is -0.352. The van der Waals surface area contributed by atoms with Gasteiger partial charge in [0, 0.05) is 5.41 Å². The van der Waals surface area contributed by atoms with Gasteiger partial charge in [0.2, 0.25) is 10.0 Å². The van der Waals surface area contributed by atoms with Gasteiger partial charge in [0.15, 0.2) is 6.10 Å². The molecular formula is C23H37NO7S. The molecule has 5 rings (SSSR count). The first kappa shape index (κ1) is 23.0. The summed E-state index contributed by atoms with van der Waals surface area (Å²) in [7, 11) is -3.77. The monoisotopic (exact) mass is 471 g/mol. The van der Waals surface area contributed by atoms with Gasteiger partial charge in [-0.2, -0.15) is 0 Å². The van der Waals surface area contributed by atoms with E-state index in [1.54, 1.807) is 0 Å². The topological polar surface area (TPSA) is 113 Å². The Bertz CT molecular complexity index is 876. The minimum atomic E-state index is -3.77. The van der Waals surface area contributed by atoms with Crippen molar-refractivity contribution < 1.29 is 32.9 Å². The van der Waals surface area contributed by atoms with Crippen LogP contribution in [0.15, 0.2) is 0 Å². The second-order valence-electron chi connectivity index (χ2n) is 11.3. The zero-order valence-corrected chi connectivity index (χ0v) is 20.1. The molecule has 0 unspecified atom stereocenters. The molecule has 2 bridgehead atoms. The Morgan fingerprint density at radius 2 is 1.69 bits per heavy atom. The van der Waals surface area contributed by atoms with Crippen LogP contribution < -0.4 is 0 Å². The van der Waals surface area contributed by atoms with Crippen molar-refractivity contribution in [1.29, 1.82) is 0 Å². The Balaban J connectivity index is 1.27. The summed E-state index contributed by atoms with van der Waals surface area (Å²) in [6.07, 6.45) is 2.46. The maximum Gasteiger partial charge on any atom is 0.267 e. The first-order chi connectivity index (χ1) is 15.0. The molecule has 0 aromatic rings. The molecular weight excluding hydrogens is 434 g/mol. The fourth-order valence-corrected chi connectivity index (χ4v) is 10.1. The highest BCUT2D eigenvalue weighted by atomic mass is 32.2. The molecule has 0 aromatic carbocycles. The molecule has 32 heavy (non-hydrogen) atoms. The summed E-state index contributed by atoms with van der Waals surface area (Å²) in [4.78, 5) is 13.3. The van der Waals surface area contributed by atoms with Gasteiger partial charge in [-0.15, -0.1) is 0 Å². The van der Waals surface area contributed by atoms with Gasteiger partial charge in [0.1, 0.15) is 0 Å². The number of nitrogens with zero attached hydrogens (tertiary/aromatic N) is 1. The van der Waals surface area contributed by atoms with Crippen molar-refractivity contribution in [1.82, 2.24) is 4.31 Å². The fraction of sp³-hybridized carbons (Fsp3) is 0.957. The molecule has 9 atom stereocenters. The summed E-state index contributed by atoms with van der Waals surface area (Å²) >= 11 is 0. The SMILES string of the molecule is CC[C@@H](O)[C@@H]1CC[C@@H]([C@@H]2CC[C@H]([C@H](O)C(=O)N3[C@H]4C[C@@H]5CC[C@@]4(CS3(=O)=O)C5(C)C)O2)O1. The third kappa shape index (κ3) is 3.14. The highest BCUT2D eigenvalue weighted by molar-refractivity contribution is 7.90. The van der Waals surface area contributed by atoms with Crippen LogP contribution in [-0.4, -0.2) is 77.3 Å². The second kappa shape index (κ2) is 7.63. The van der Waals surface area contributed by atoms with Crippen molar-refractivity contribution in [3.8, 4) is 0 Å². The summed E-state index contributed by atoms with van der Waals surface area (Å²) in [5, 5.41) is 21.0. The van der Waals surface area contributed by atoms with Gasteiger partial charge < -0.3 is 19.7 Å². The molecule has 5 aliphatic rings. The van der Waals surface area contributed by atoms with E-state index >= 15 is 0 Å². The molecule has 8 nitrogen and oxygen atoms in total. The molecule has 1 amide bonds. The van der Waals surface area contributed by atoms with Gasteiger partial charge in [-0.05, 0) is 62.7 Å². The molecule has 3 heterocycles. The van der Waals surface area contributed by atoms with E-state index in [1.807, 2.05) is 6.92 Å². The zero-order valence-electron chi connectivity index (χ0n) is 19.3. The number of amides is 1. The maximum absolute atomic E-state index is 13.3. The number of hydrogen-bond donors (Lipinski definition) is 2. The van der Waals surface area contributed by atoms with Crippen LogP contribution in [0.1, 0.15) is 72.1 Å². The number of ether oxygens (including phenoxy) is 2. The van der Waals surface area contributed by atoms with Crippen molar-refractivity contribution in [2.75, 3.05) is 5.75 Å². The van der Waals surface area contributed by atoms with Gasteiger partial charge in [-0.3, -0.25) is 4.79 Å². The van der Waals surface area contributed by atoms with Gasteiger partial charge in [0.25, 0.3) is 5.91 Å². The normalized spacial score (nSPS) is 45.8. The molecule has 3 saturated heterocycles. The Labute approximate surface area is 190 Å². The van der Waals surface area contributed by atoms with Crippen LogP contribution in [-0.2, 0) is 24.3 Å². The lowest BCUT2D eigenvalue weighted by Gasteiger charge is -2.37. The third-order valence-corrected chi connectivity index (χ3v) is 11.6. The Hall–Kier alpha value is -0.740. The molecule has 0 aromatic heterocycles. The lowest BCUT2D eigenvalue weighted by atomic mass is 9.69. The minimum Gasteiger partial charge on any atom is -0.390 e. The Morgan fingerprint density at radius 1 is 1.06 bits per heavy atom. The number of sulfonamides is 1. The lowest BCUT2D eigenvalue weighted by Crippen LogP contribution is -2.50. The van der Waals surface area contributed by atoms with Crippen LogP contribution in [0.2, 0.25) is 0 Å². The van der Waals surface area contributed by atoms with E-state index in [4.69, 9.17) is 9.47 Å². The van der Waals surface area contributed by atoms with E-state index in [9.17, 15) is 23.4 Å². The third-order valence-electron chi connectivity index (χ3n) is 9.67. The van der Waals surface area contributed by atoms with Crippen molar-refractivity contribution in [3.05, 3.63) is 0 Å². The van der Waals surface area contributed by atoms with E-state index in [0.29, 0.717) is 31.6 Å². The smallest absolute Gasteiger partial charge is 0.267 e. The zero-order chi connectivity index (χ0) is 23.1. The molecule has 1 spiro atoms. The highest BCUT2D eigenvalue weighted by Gasteiger charge is 2.72. The van der Waals surface area contributed by atoms with E-state index in [0.717, 1.165) is 30.0 Å². The number of fused-ring (bicyclic) bond motifs is 1. The lowest BCUT2D eigenvalue weighted by molar-refractivity contribution is -0.150. The van der Waals surface area contributed by atoms with Crippen LogP contribution in [0.5, 0.6) is 0 Å². The minimum absolute atomic E-state index is 0.00215. The second-order valence-corrected chi connectivity index (χ2v) is 13.1. The first-order valence-corrected chi connectivity index (χ1v) is 13.9. The molecule has 182 valence electrons. The summed E-state index contributed by atoms with van der Waals surface area (Å²) < 4.78 is 39.3. The Kier molecular flexibility index (Phi) is 5.49. The van der Waals surface area contributed by atoms with Crippen LogP contribution in [0.25, 0.3) is 0 Å². The Morgan fingerprint density at radius 3 is 2.31 bits per heavy atom. The summed E-state index contributed by atoms with van der Waals surface area (Å²) in [5.74, 6) is -0.321. The van der Waals surface area contributed by atoms with Gasteiger partial charge >= 0.3 is 0 Å². The molecule has 2 aliphatic carbocycles. The van der Waals surface area contributed by atoms with E-state index in [-0.39, 0.29) is 35.5 Å². The summed E-state index contributed by atoms with van der Waals surface area (Å²) in [5.41, 5.74) is -0.531. The van der Waals surface area contributed by atoms with Gasteiger partial charge in [-0.25, -0.2) is 12.7 Å². The van der Waals surface area contributed by atoms with E-state index < -0.39 is 39.7 Å². The number of carbonyl (C=O) groups excluding carboxylic acids is 1. The van der Waals surface area contributed by atoms with Crippen LogP contribution in [0, 0.1) is 16.7 Å². The molecule has 2 saturated carbocycles. The quantitative estimate of drug-likeness (QED) is 0.626. The van der Waals surface area contributed by atoms with Crippen LogP contribution in [0.4, 0.5) is 0 Å². The van der Waals surface area contributed by atoms with Crippen molar-refractivity contribution in [3.63, 3.8) is 0 Å². The standard InChI is InChI=1S/C23H37NO7S/c1-4-14(25)15-5-6-16(30-15)17-7-8-18(31-17)20(26)21(27)24-19-11-13-9-10-23(19,22(13,2)3)12-32(24,28)29/h13-20,25-26H,4-12H2,1-3H3/t13-,14+,15-,16-,17-,18+,19-,20-,23-/m0/s1.